The molecule has 6 N–H and O–H groups in total. The van der Waals surface area contributed by atoms with Crippen LogP contribution >= 0.6 is 12.6 Å². The molecule has 0 aromatic heterocycles. The van der Waals surface area contributed by atoms with Gasteiger partial charge in [-0.2, -0.15) is 12.6 Å². The molecule has 20 heteroatoms. The first kappa shape index (κ1) is 57.6. The third-order valence-corrected chi connectivity index (χ3v) is 13.4. The van der Waals surface area contributed by atoms with Crippen molar-refractivity contribution in [1.82, 2.24) is 4.90 Å². The smallest absolute Gasteiger partial charge is 0.316 e. The van der Waals surface area contributed by atoms with Crippen LogP contribution in [0.15, 0.2) is 0 Å². The van der Waals surface area contributed by atoms with Gasteiger partial charge in [0, 0.05) is 37.7 Å². The number of cyclic esters (lactones) is 1. The van der Waals surface area contributed by atoms with E-state index in [9.17, 15) is 44.4 Å². The molecule has 3 aliphatic rings. The largest absolute Gasteiger partial charge is 0.481 e. The summed E-state index contributed by atoms with van der Waals surface area (Å²) in [5.74, 6) is -7.95. The van der Waals surface area contributed by atoms with E-state index in [0.29, 0.717) is 6.42 Å². The number of ether oxygens (including phenoxy) is 7. The number of nitrogens with zero attached hydrogens (tertiary/aromatic N) is 1. The van der Waals surface area contributed by atoms with Gasteiger partial charge in [0.25, 0.3) is 0 Å². The molecule has 0 saturated carbocycles. The predicted octanol–water partition coefficient (Wildman–Crippen LogP) is 2.59. The first-order valence-corrected chi connectivity index (χ1v) is 22.6. The lowest BCUT2D eigenvalue weighted by Gasteiger charge is -2.49. The van der Waals surface area contributed by atoms with Gasteiger partial charge < -0.3 is 68.7 Å². The molecule has 3 aliphatic heterocycles. The maximum absolute atomic E-state index is 14.2. The zero-order valence-corrected chi connectivity index (χ0v) is 40.9. The van der Waals surface area contributed by atoms with E-state index >= 15 is 0 Å². The summed E-state index contributed by atoms with van der Waals surface area (Å²) in [5.41, 5.74) is -4.92. The normalized spacial score (nSPS) is 42.0. The monoisotopic (exact) mass is 939 g/mol. The van der Waals surface area contributed by atoms with Crippen LogP contribution in [0.2, 0.25) is 0 Å². The molecule has 0 amide bonds. The summed E-state index contributed by atoms with van der Waals surface area (Å²) in [6, 6.07) is -0.319. The van der Waals surface area contributed by atoms with Gasteiger partial charge in [0.05, 0.1) is 60.1 Å². The van der Waals surface area contributed by atoms with E-state index in [4.69, 9.17) is 43.4 Å². The number of likely N-dealkylation sites (N-methyl/N-ethyl adjacent to an activating group) is 1. The Hall–Kier alpha value is -2.50. The number of carboxylic acid groups (broad SMARTS) is 2. The topological polar surface area (TPSA) is 275 Å². The number of aliphatic hydroxyl groups is 4. The Labute approximate surface area is 383 Å². The lowest BCUT2D eigenvalue weighted by molar-refractivity contribution is -0.319. The number of carboxylic acids is 2. The maximum Gasteiger partial charge on any atom is 0.316 e. The molecule has 9 unspecified atom stereocenters. The molecule has 3 saturated heterocycles. The van der Waals surface area contributed by atoms with E-state index in [1.165, 1.54) is 27.9 Å². The summed E-state index contributed by atoms with van der Waals surface area (Å²) in [6.45, 7) is 18.0. The molecule has 19 atom stereocenters. The quantitative estimate of drug-likeness (QED) is 0.109. The van der Waals surface area contributed by atoms with Crippen molar-refractivity contribution in [1.29, 1.82) is 0 Å². The van der Waals surface area contributed by atoms with Gasteiger partial charge in [-0.05, 0) is 74.9 Å². The van der Waals surface area contributed by atoms with Crippen LogP contribution in [-0.2, 0) is 57.1 Å². The number of Topliss-reactive ketones (excluding diaryl/α,β-unsaturated/α-hetero) is 1. The number of hydrogen-bond donors (Lipinski definition) is 7. The molecule has 19 nitrogen and oxygen atoms in total. The Balaban J connectivity index is 0.00000140. The van der Waals surface area contributed by atoms with Crippen LogP contribution in [0.4, 0.5) is 0 Å². The van der Waals surface area contributed by atoms with Crippen molar-refractivity contribution in [2.24, 2.45) is 23.7 Å². The molecular formula is C44H77NO18S. The molecule has 0 bridgehead atoms. The van der Waals surface area contributed by atoms with Crippen molar-refractivity contribution in [3.05, 3.63) is 0 Å². The number of ketones is 1. The maximum atomic E-state index is 14.2. The van der Waals surface area contributed by atoms with Gasteiger partial charge in [0.15, 0.2) is 18.7 Å². The van der Waals surface area contributed by atoms with Crippen LogP contribution in [0.1, 0.15) is 115 Å². The van der Waals surface area contributed by atoms with E-state index in [-0.39, 0.29) is 37.8 Å². The minimum absolute atomic E-state index is 0.0760. The van der Waals surface area contributed by atoms with Gasteiger partial charge >= 0.3 is 23.9 Å². The second-order valence-corrected chi connectivity index (χ2v) is 19.4. The standard InChI is InChI=1S/C40H71NO14.C4H6O4S/c1-15-27-40(11,48)33(44)22(5)30(43)20(3)18-38(9,47)35(55-37-32(53-28(42)16-2)26(41(12)13)17-21(4)50-37)23(6)31(24(7)36(46)52-27)54-29-19-39(10,49-14)34(45)25(8)51-29;5-3(6)1-2(9)4(7)8/h20-27,29,31-35,37,44-45,47-48H,15-19H2,1-14H3;2,9H,1H2,(H,5,6)(H,7,8)/t20-,21?,22+,23+,24-,25?,26?,27-,29?,31+,32?,33-,34?,35-,37?,38-,39?,40-;/m1./s1. The van der Waals surface area contributed by atoms with Crippen LogP contribution in [0.25, 0.3) is 0 Å². The van der Waals surface area contributed by atoms with Gasteiger partial charge in [-0.15, -0.1) is 0 Å². The van der Waals surface area contributed by atoms with Crippen molar-refractivity contribution in [2.75, 3.05) is 21.2 Å². The van der Waals surface area contributed by atoms with Crippen molar-refractivity contribution in [3.63, 3.8) is 0 Å². The number of thiol groups is 1. The Morgan fingerprint density at radius 1 is 0.891 bits per heavy atom. The minimum atomic E-state index is -2.01. The van der Waals surface area contributed by atoms with Crippen molar-refractivity contribution >= 4 is 42.3 Å². The molecular weight excluding hydrogens is 863 g/mol. The van der Waals surface area contributed by atoms with Gasteiger partial charge in [-0.1, -0.05) is 34.6 Å². The number of aliphatic carboxylic acids is 2. The second-order valence-electron chi connectivity index (χ2n) is 18.7. The van der Waals surface area contributed by atoms with E-state index < -0.39 is 137 Å². The summed E-state index contributed by atoms with van der Waals surface area (Å²) >= 11 is 3.48. The lowest BCUT2D eigenvalue weighted by Crippen LogP contribution is -2.61. The zero-order valence-electron chi connectivity index (χ0n) is 40.0. The van der Waals surface area contributed by atoms with E-state index in [1.807, 2.05) is 25.9 Å². The van der Waals surface area contributed by atoms with Crippen molar-refractivity contribution in [3.8, 4) is 0 Å². The molecule has 0 aromatic carbocycles. The fourth-order valence-electron chi connectivity index (χ4n) is 9.01. The van der Waals surface area contributed by atoms with Crippen LogP contribution < -0.4 is 0 Å². The third kappa shape index (κ3) is 14.5. The van der Waals surface area contributed by atoms with Gasteiger partial charge in [0.2, 0.25) is 0 Å². The van der Waals surface area contributed by atoms with E-state index in [1.54, 1.807) is 48.5 Å². The summed E-state index contributed by atoms with van der Waals surface area (Å²) in [6.07, 6.45) is -10.1. The molecule has 3 fully saturated rings. The number of esters is 2. The molecule has 0 aliphatic carbocycles. The summed E-state index contributed by atoms with van der Waals surface area (Å²) in [7, 11) is 5.21. The highest BCUT2D eigenvalue weighted by molar-refractivity contribution is 7.81. The summed E-state index contributed by atoms with van der Waals surface area (Å²) in [5, 5.41) is 61.6. The molecule has 0 radical (unpaired) electrons. The van der Waals surface area contributed by atoms with Gasteiger partial charge in [-0.3, -0.25) is 24.0 Å². The number of carbonyl (C=O) groups is 5. The summed E-state index contributed by atoms with van der Waals surface area (Å²) < 4.78 is 43.6. The first-order chi connectivity index (χ1) is 29.4. The Kier molecular flexibility index (Phi) is 21.6. The third-order valence-electron chi connectivity index (χ3n) is 13.0. The Morgan fingerprint density at radius 3 is 1.97 bits per heavy atom. The average Bonchev–Trinajstić information content (AvgIpc) is 3.21. The van der Waals surface area contributed by atoms with Gasteiger partial charge in [0.1, 0.15) is 28.8 Å². The lowest BCUT2D eigenvalue weighted by atomic mass is 9.74. The zero-order chi connectivity index (χ0) is 49.4. The van der Waals surface area contributed by atoms with Crippen LogP contribution in [0.5, 0.6) is 0 Å². The summed E-state index contributed by atoms with van der Waals surface area (Å²) in [4.78, 5) is 62.6. The predicted molar refractivity (Wildman–Crippen MR) is 233 cm³/mol. The molecule has 372 valence electrons. The van der Waals surface area contributed by atoms with Crippen molar-refractivity contribution < 1.29 is 87.8 Å². The number of rotatable bonds is 12. The first-order valence-electron chi connectivity index (χ1n) is 22.1. The number of aliphatic hydroxyl groups excluding tert-OH is 2. The molecule has 3 rings (SSSR count). The molecule has 3 heterocycles. The molecule has 0 spiro atoms. The Bertz CT molecular complexity index is 1560. The van der Waals surface area contributed by atoms with Gasteiger partial charge in [-0.25, -0.2) is 0 Å². The highest BCUT2D eigenvalue weighted by atomic mass is 32.1. The Morgan fingerprint density at radius 2 is 1.48 bits per heavy atom. The minimum Gasteiger partial charge on any atom is -0.481 e. The van der Waals surface area contributed by atoms with Crippen LogP contribution in [-0.4, -0.2) is 176 Å². The second kappa shape index (κ2) is 24.0. The fourth-order valence-corrected chi connectivity index (χ4v) is 9.17. The van der Waals surface area contributed by atoms with E-state index in [2.05, 4.69) is 12.6 Å². The highest BCUT2D eigenvalue weighted by Crippen LogP contribution is 2.41. The van der Waals surface area contributed by atoms with Crippen LogP contribution in [0, 0.1) is 23.7 Å². The number of hydrogen-bond acceptors (Lipinski definition) is 18. The average molecular weight is 940 g/mol. The van der Waals surface area contributed by atoms with Crippen LogP contribution in [0.3, 0.4) is 0 Å². The molecule has 0 aromatic rings. The number of methoxy groups -OCH3 is 1. The molecule has 64 heavy (non-hydrogen) atoms. The van der Waals surface area contributed by atoms with E-state index in [0.717, 1.165) is 0 Å². The SMILES string of the molecule is CCC(=O)OC1C(O[C@@H]2[C@@H](C)[C@H](OC3CC(C)(OC)C(O)C(C)O3)[C@@H](C)C(=O)O[C@H](CC)[C@@](C)(O)[C@H](O)[C@@H](C)C(=O)[C@H](C)C[C@@]2(C)O)OC(C)CC1N(C)C.O=C(O)CC(S)C(=O)O. The van der Waals surface area contributed by atoms with Crippen molar-refractivity contribution in [2.45, 2.75) is 204 Å². The fraction of sp³-hybridized carbons (Fsp3) is 0.886. The highest BCUT2D eigenvalue weighted by Gasteiger charge is 2.54. The number of carbonyl (C=O) groups excluding carboxylic acids is 3.